The second kappa shape index (κ2) is 5.75. The minimum atomic E-state index is 0.0974. The summed E-state index contributed by atoms with van der Waals surface area (Å²) in [5.41, 5.74) is 8.70. The summed E-state index contributed by atoms with van der Waals surface area (Å²) >= 11 is 1.76. The summed E-state index contributed by atoms with van der Waals surface area (Å²) in [6.45, 7) is 0.0974. The molecule has 0 heterocycles. The molecule has 2 aromatic carbocycles. The molecule has 3 N–H and O–H groups in total. The molecule has 0 bridgehead atoms. The number of anilines is 1. The van der Waals surface area contributed by atoms with Crippen LogP contribution in [0.15, 0.2) is 53.4 Å². The summed E-state index contributed by atoms with van der Waals surface area (Å²) < 4.78 is 0. The van der Waals surface area contributed by atoms with Crippen molar-refractivity contribution in [2.24, 2.45) is 0 Å². The molecule has 2 nitrogen and oxygen atoms in total. The normalized spacial score (nSPS) is 10.4. The van der Waals surface area contributed by atoms with E-state index in [0.717, 1.165) is 17.0 Å². The number of nitrogens with two attached hydrogens (primary N) is 1. The van der Waals surface area contributed by atoms with Crippen LogP contribution in [0.4, 0.5) is 5.69 Å². The molecule has 0 spiro atoms. The third-order valence-electron chi connectivity index (χ3n) is 2.46. The third-order valence-corrected chi connectivity index (χ3v) is 3.55. The molecule has 0 radical (unpaired) electrons. The maximum Gasteiger partial charge on any atom is 0.0681 e. The van der Waals surface area contributed by atoms with Gasteiger partial charge in [-0.1, -0.05) is 24.3 Å². The number of hydrogen-bond acceptors (Lipinski definition) is 3. The Morgan fingerprint density at radius 3 is 2.41 bits per heavy atom. The van der Waals surface area contributed by atoms with Crippen molar-refractivity contribution in [2.75, 3.05) is 5.73 Å². The molecule has 0 aliphatic carbocycles. The first-order valence-corrected chi connectivity index (χ1v) is 6.43. The fraction of sp³-hybridized carbons (Fsp3) is 0.143. The molecule has 0 unspecified atom stereocenters. The second-order valence-corrected chi connectivity index (χ2v) is 4.88. The van der Waals surface area contributed by atoms with E-state index in [1.54, 1.807) is 11.8 Å². The van der Waals surface area contributed by atoms with Gasteiger partial charge in [0.25, 0.3) is 0 Å². The second-order valence-electron chi connectivity index (χ2n) is 3.84. The molecule has 17 heavy (non-hydrogen) atoms. The molecule has 0 saturated heterocycles. The van der Waals surface area contributed by atoms with Crippen molar-refractivity contribution in [3.05, 3.63) is 59.7 Å². The van der Waals surface area contributed by atoms with Crippen molar-refractivity contribution >= 4 is 17.4 Å². The quantitative estimate of drug-likeness (QED) is 0.643. The lowest BCUT2D eigenvalue weighted by molar-refractivity contribution is 0.282. The molecule has 0 aliphatic heterocycles. The molecular weight excluding hydrogens is 230 g/mol. The SMILES string of the molecule is Nc1cccc(CSc2ccc(CO)cc2)c1. The summed E-state index contributed by atoms with van der Waals surface area (Å²) in [7, 11) is 0. The molecule has 0 atom stereocenters. The average molecular weight is 245 g/mol. The lowest BCUT2D eigenvalue weighted by Gasteiger charge is -2.04. The van der Waals surface area contributed by atoms with Crippen LogP contribution in [0.3, 0.4) is 0 Å². The van der Waals surface area contributed by atoms with Gasteiger partial charge in [-0.25, -0.2) is 0 Å². The predicted octanol–water partition coefficient (Wildman–Crippen LogP) is 3.05. The molecule has 2 rings (SSSR count). The fourth-order valence-electron chi connectivity index (χ4n) is 1.54. The number of nitrogen functional groups attached to an aromatic ring is 1. The van der Waals surface area contributed by atoms with Gasteiger partial charge in [-0.3, -0.25) is 0 Å². The van der Waals surface area contributed by atoms with Crippen molar-refractivity contribution in [1.29, 1.82) is 0 Å². The maximum absolute atomic E-state index is 8.95. The summed E-state index contributed by atoms with van der Waals surface area (Å²) in [4.78, 5) is 1.20. The third kappa shape index (κ3) is 3.51. The van der Waals surface area contributed by atoms with Crippen LogP contribution in [0.2, 0.25) is 0 Å². The van der Waals surface area contributed by atoms with E-state index in [4.69, 9.17) is 10.8 Å². The van der Waals surface area contributed by atoms with Crippen molar-refractivity contribution in [3.8, 4) is 0 Å². The Morgan fingerprint density at radius 1 is 1.00 bits per heavy atom. The Balaban J connectivity index is 1.97. The van der Waals surface area contributed by atoms with Gasteiger partial charge < -0.3 is 10.8 Å². The first-order chi connectivity index (χ1) is 8.28. The summed E-state index contributed by atoms with van der Waals surface area (Å²) in [6, 6.07) is 15.9. The van der Waals surface area contributed by atoms with Gasteiger partial charge in [0.2, 0.25) is 0 Å². The highest BCUT2D eigenvalue weighted by atomic mass is 32.2. The predicted molar refractivity (Wildman–Crippen MR) is 72.8 cm³/mol. The zero-order valence-electron chi connectivity index (χ0n) is 9.47. The van der Waals surface area contributed by atoms with Gasteiger partial charge in [-0.2, -0.15) is 0 Å². The van der Waals surface area contributed by atoms with Crippen molar-refractivity contribution in [2.45, 2.75) is 17.3 Å². The highest BCUT2D eigenvalue weighted by Gasteiger charge is 1.97. The van der Waals surface area contributed by atoms with Crippen LogP contribution in [0.25, 0.3) is 0 Å². The molecule has 88 valence electrons. The summed E-state index contributed by atoms with van der Waals surface area (Å²) in [5.74, 6) is 0.906. The van der Waals surface area contributed by atoms with E-state index in [-0.39, 0.29) is 6.61 Å². The van der Waals surface area contributed by atoms with Gasteiger partial charge in [0.15, 0.2) is 0 Å². The first-order valence-electron chi connectivity index (χ1n) is 5.45. The molecule has 0 fully saturated rings. The lowest BCUT2D eigenvalue weighted by Crippen LogP contribution is -1.87. The summed E-state index contributed by atoms with van der Waals surface area (Å²) in [6.07, 6.45) is 0. The number of hydrogen-bond donors (Lipinski definition) is 2. The van der Waals surface area contributed by atoms with Gasteiger partial charge in [0.05, 0.1) is 6.61 Å². The lowest BCUT2D eigenvalue weighted by atomic mass is 10.2. The van der Waals surface area contributed by atoms with E-state index in [2.05, 4.69) is 6.07 Å². The van der Waals surface area contributed by atoms with Gasteiger partial charge in [-0.15, -0.1) is 11.8 Å². The maximum atomic E-state index is 8.95. The van der Waals surface area contributed by atoms with Crippen LogP contribution < -0.4 is 5.73 Å². The van der Waals surface area contributed by atoms with Crippen LogP contribution in [-0.2, 0) is 12.4 Å². The highest BCUT2D eigenvalue weighted by Crippen LogP contribution is 2.23. The van der Waals surface area contributed by atoms with E-state index in [0.29, 0.717) is 0 Å². The minimum absolute atomic E-state index is 0.0974. The van der Waals surface area contributed by atoms with Crippen LogP contribution in [0.1, 0.15) is 11.1 Å². The molecule has 2 aromatic rings. The summed E-state index contributed by atoms with van der Waals surface area (Å²) in [5, 5.41) is 8.95. The Labute approximate surface area is 105 Å². The average Bonchev–Trinajstić information content (AvgIpc) is 2.37. The topological polar surface area (TPSA) is 46.2 Å². The van der Waals surface area contributed by atoms with Gasteiger partial charge in [-0.05, 0) is 35.4 Å². The molecule has 0 amide bonds. The van der Waals surface area contributed by atoms with Crippen LogP contribution in [0, 0.1) is 0 Å². The molecule has 0 aliphatic rings. The standard InChI is InChI=1S/C14H15NOS/c15-13-3-1-2-12(8-13)10-17-14-6-4-11(9-16)5-7-14/h1-8,16H,9-10,15H2. The Kier molecular flexibility index (Phi) is 4.07. The monoisotopic (exact) mass is 245 g/mol. The van der Waals surface area contributed by atoms with Crippen LogP contribution >= 0.6 is 11.8 Å². The Hall–Kier alpha value is -1.45. The number of aliphatic hydroxyl groups is 1. The number of aliphatic hydroxyl groups excluding tert-OH is 1. The van der Waals surface area contributed by atoms with Crippen LogP contribution in [-0.4, -0.2) is 5.11 Å². The van der Waals surface area contributed by atoms with E-state index >= 15 is 0 Å². The number of rotatable bonds is 4. The van der Waals surface area contributed by atoms with Crippen molar-refractivity contribution in [3.63, 3.8) is 0 Å². The van der Waals surface area contributed by atoms with E-state index in [9.17, 15) is 0 Å². The minimum Gasteiger partial charge on any atom is -0.399 e. The molecular formula is C14H15NOS. The molecule has 0 aromatic heterocycles. The Morgan fingerprint density at radius 2 is 1.76 bits per heavy atom. The van der Waals surface area contributed by atoms with Gasteiger partial charge in [0.1, 0.15) is 0 Å². The van der Waals surface area contributed by atoms with E-state index in [1.165, 1.54) is 10.5 Å². The number of thioether (sulfide) groups is 1. The van der Waals surface area contributed by atoms with Crippen molar-refractivity contribution in [1.82, 2.24) is 0 Å². The highest BCUT2D eigenvalue weighted by molar-refractivity contribution is 7.98. The fourth-order valence-corrected chi connectivity index (χ4v) is 2.38. The Bertz CT molecular complexity index is 482. The first kappa shape index (κ1) is 12.0. The number of benzene rings is 2. The van der Waals surface area contributed by atoms with E-state index < -0.39 is 0 Å². The zero-order valence-corrected chi connectivity index (χ0v) is 10.3. The molecule has 3 heteroatoms. The van der Waals surface area contributed by atoms with Crippen LogP contribution in [0.5, 0.6) is 0 Å². The van der Waals surface area contributed by atoms with Gasteiger partial charge >= 0.3 is 0 Å². The smallest absolute Gasteiger partial charge is 0.0681 e. The van der Waals surface area contributed by atoms with E-state index in [1.807, 2.05) is 42.5 Å². The zero-order chi connectivity index (χ0) is 12.1. The van der Waals surface area contributed by atoms with Crippen molar-refractivity contribution < 1.29 is 5.11 Å². The largest absolute Gasteiger partial charge is 0.399 e. The molecule has 0 saturated carbocycles. The van der Waals surface area contributed by atoms with Gasteiger partial charge in [0, 0.05) is 16.3 Å².